The number of rotatable bonds is 9. The fraction of sp³-hybridized carbons (Fsp3) is 0.833. The maximum atomic E-state index is 11.5. The molecule has 1 unspecified atom stereocenters. The molecule has 8 heteroatoms. The van der Waals surface area contributed by atoms with E-state index in [9.17, 15) is 18.0 Å². The van der Waals surface area contributed by atoms with Crippen molar-refractivity contribution < 1.29 is 18.0 Å². The number of carbonyl (C=O) groups is 2. The van der Waals surface area contributed by atoms with Crippen LogP contribution in [0.25, 0.3) is 0 Å². The monoisotopic (exact) mass is 307 g/mol. The minimum atomic E-state index is -3.13. The molecule has 0 aliphatic rings. The van der Waals surface area contributed by atoms with Crippen LogP contribution in [-0.4, -0.2) is 51.4 Å². The molecule has 0 bridgehead atoms. The van der Waals surface area contributed by atoms with Gasteiger partial charge >= 0.3 is 0 Å². The van der Waals surface area contributed by atoms with E-state index in [1.807, 2.05) is 13.8 Å². The number of nitrogens with one attached hydrogen (secondary N) is 2. The zero-order valence-electron chi connectivity index (χ0n) is 12.3. The summed E-state index contributed by atoms with van der Waals surface area (Å²) in [7, 11) is -3.13. The predicted molar refractivity (Wildman–Crippen MR) is 77.8 cm³/mol. The molecule has 4 N–H and O–H groups in total. The molecule has 0 aromatic heterocycles. The quantitative estimate of drug-likeness (QED) is 0.506. The fourth-order valence-electron chi connectivity index (χ4n) is 1.31. The second kappa shape index (κ2) is 8.91. The number of hydrogen-bond acceptors (Lipinski definition) is 5. The first-order chi connectivity index (χ1) is 9.11. The molecule has 0 radical (unpaired) electrons. The van der Waals surface area contributed by atoms with Crippen LogP contribution in [0.5, 0.6) is 0 Å². The molecule has 0 spiro atoms. The van der Waals surface area contributed by atoms with Crippen LogP contribution >= 0.6 is 0 Å². The van der Waals surface area contributed by atoms with Crippen molar-refractivity contribution in [2.75, 3.05) is 25.1 Å². The minimum Gasteiger partial charge on any atom is -0.356 e. The van der Waals surface area contributed by atoms with Gasteiger partial charge in [-0.15, -0.1) is 0 Å². The van der Waals surface area contributed by atoms with Gasteiger partial charge in [-0.05, 0) is 12.3 Å². The van der Waals surface area contributed by atoms with E-state index in [-0.39, 0.29) is 31.0 Å². The van der Waals surface area contributed by atoms with Crippen LogP contribution < -0.4 is 16.4 Å². The maximum Gasteiger partial charge on any atom is 0.236 e. The maximum absolute atomic E-state index is 11.5. The van der Waals surface area contributed by atoms with E-state index >= 15 is 0 Å². The van der Waals surface area contributed by atoms with Crippen LogP contribution in [0.2, 0.25) is 0 Å². The Morgan fingerprint density at radius 3 is 2.30 bits per heavy atom. The van der Waals surface area contributed by atoms with Crippen LogP contribution in [-0.2, 0) is 19.4 Å². The molecule has 20 heavy (non-hydrogen) atoms. The summed E-state index contributed by atoms with van der Waals surface area (Å²) >= 11 is 0. The van der Waals surface area contributed by atoms with Crippen molar-refractivity contribution >= 4 is 21.7 Å². The molecule has 0 aliphatic heterocycles. The molecule has 1 atom stereocenters. The standard InChI is InChI=1S/C12H25N3O4S/c1-9(2)8-15-11(16)4-6-14-12(17)10(13)5-7-20(3,18)19/h9-10H,4-8,13H2,1-3H3,(H,14,17)(H,15,16). The third-order valence-electron chi connectivity index (χ3n) is 2.50. The molecule has 118 valence electrons. The van der Waals surface area contributed by atoms with Gasteiger partial charge in [0, 0.05) is 25.8 Å². The Bertz CT molecular complexity index is 420. The van der Waals surface area contributed by atoms with Crippen LogP contribution in [0, 0.1) is 5.92 Å². The first kappa shape index (κ1) is 18.9. The number of hydrogen-bond donors (Lipinski definition) is 3. The lowest BCUT2D eigenvalue weighted by Gasteiger charge is -2.12. The molecule has 0 aromatic carbocycles. The molecule has 7 nitrogen and oxygen atoms in total. The van der Waals surface area contributed by atoms with Crippen LogP contribution in [0.3, 0.4) is 0 Å². The van der Waals surface area contributed by atoms with Gasteiger partial charge in [0.05, 0.1) is 11.8 Å². The van der Waals surface area contributed by atoms with Gasteiger partial charge in [0.15, 0.2) is 0 Å². The summed E-state index contributed by atoms with van der Waals surface area (Å²) < 4.78 is 21.9. The van der Waals surface area contributed by atoms with Crippen LogP contribution in [0.4, 0.5) is 0 Å². The molecule has 0 aliphatic carbocycles. The van der Waals surface area contributed by atoms with Crippen LogP contribution in [0.15, 0.2) is 0 Å². The summed E-state index contributed by atoms with van der Waals surface area (Å²) in [5.74, 6) is -0.330. The highest BCUT2D eigenvalue weighted by molar-refractivity contribution is 7.90. The smallest absolute Gasteiger partial charge is 0.236 e. The lowest BCUT2D eigenvalue weighted by Crippen LogP contribution is -2.42. The topological polar surface area (TPSA) is 118 Å². The minimum absolute atomic E-state index is 0.0736. The Labute approximate surface area is 120 Å². The summed E-state index contributed by atoms with van der Waals surface area (Å²) in [4.78, 5) is 22.9. The highest BCUT2D eigenvalue weighted by Crippen LogP contribution is 1.94. The number of nitrogens with two attached hydrogens (primary N) is 1. The van der Waals surface area contributed by atoms with Gasteiger partial charge in [-0.25, -0.2) is 8.42 Å². The zero-order valence-corrected chi connectivity index (χ0v) is 13.1. The third kappa shape index (κ3) is 10.7. The van der Waals surface area contributed by atoms with Crippen molar-refractivity contribution in [2.45, 2.75) is 32.7 Å². The molecule has 0 fully saturated rings. The second-order valence-electron chi connectivity index (χ2n) is 5.26. The van der Waals surface area contributed by atoms with Gasteiger partial charge in [-0.2, -0.15) is 0 Å². The van der Waals surface area contributed by atoms with Gasteiger partial charge in [-0.3, -0.25) is 9.59 Å². The Morgan fingerprint density at radius 2 is 1.80 bits per heavy atom. The average molecular weight is 307 g/mol. The number of sulfone groups is 1. The highest BCUT2D eigenvalue weighted by atomic mass is 32.2. The van der Waals surface area contributed by atoms with Gasteiger partial charge < -0.3 is 16.4 Å². The van der Waals surface area contributed by atoms with Crippen molar-refractivity contribution in [1.29, 1.82) is 0 Å². The van der Waals surface area contributed by atoms with Crippen molar-refractivity contribution in [2.24, 2.45) is 11.7 Å². The Balaban J connectivity index is 3.84. The Kier molecular flexibility index (Phi) is 8.40. The molecular weight excluding hydrogens is 282 g/mol. The second-order valence-corrected chi connectivity index (χ2v) is 7.52. The highest BCUT2D eigenvalue weighted by Gasteiger charge is 2.15. The van der Waals surface area contributed by atoms with Crippen molar-refractivity contribution in [3.8, 4) is 0 Å². The van der Waals surface area contributed by atoms with Gasteiger partial charge in [0.25, 0.3) is 0 Å². The van der Waals surface area contributed by atoms with Gasteiger partial charge in [-0.1, -0.05) is 13.8 Å². The first-order valence-corrected chi connectivity index (χ1v) is 8.65. The average Bonchev–Trinajstić information content (AvgIpc) is 2.32. The SMILES string of the molecule is CC(C)CNC(=O)CCNC(=O)C(N)CCS(C)(=O)=O. The Hall–Kier alpha value is -1.15. The van der Waals surface area contributed by atoms with E-state index in [1.54, 1.807) is 0 Å². The van der Waals surface area contributed by atoms with E-state index in [2.05, 4.69) is 10.6 Å². The van der Waals surface area contributed by atoms with Gasteiger partial charge in [0.1, 0.15) is 9.84 Å². The van der Waals surface area contributed by atoms with E-state index < -0.39 is 21.8 Å². The first-order valence-electron chi connectivity index (χ1n) is 6.59. The van der Waals surface area contributed by atoms with Gasteiger partial charge in [0.2, 0.25) is 11.8 Å². The lowest BCUT2D eigenvalue weighted by atomic mass is 10.2. The Morgan fingerprint density at radius 1 is 1.20 bits per heavy atom. The summed E-state index contributed by atoms with van der Waals surface area (Å²) in [6.45, 7) is 4.77. The van der Waals surface area contributed by atoms with E-state index in [1.165, 1.54) is 0 Å². The van der Waals surface area contributed by atoms with Crippen molar-refractivity contribution in [1.82, 2.24) is 10.6 Å². The zero-order chi connectivity index (χ0) is 15.8. The largest absolute Gasteiger partial charge is 0.356 e. The molecule has 0 saturated carbocycles. The molecule has 0 saturated heterocycles. The van der Waals surface area contributed by atoms with Crippen molar-refractivity contribution in [3.63, 3.8) is 0 Å². The lowest BCUT2D eigenvalue weighted by molar-refractivity contribution is -0.123. The molecule has 0 rings (SSSR count). The number of carbonyl (C=O) groups excluding carboxylic acids is 2. The van der Waals surface area contributed by atoms with Crippen LogP contribution in [0.1, 0.15) is 26.7 Å². The number of amides is 2. The summed E-state index contributed by atoms with van der Waals surface area (Å²) in [6, 6.07) is -0.872. The predicted octanol–water partition coefficient (Wildman–Crippen LogP) is -0.973. The summed E-state index contributed by atoms with van der Waals surface area (Å²) in [6.07, 6.45) is 1.35. The normalized spacial score (nSPS) is 13.1. The molecular formula is C12H25N3O4S. The van der Waals surface area contributed by atoms with E-state index in [4.69, 9.17) is 5.73 Å². The summed E-state index contributed by atoms with van der Waals surface area (Å²) in [5, 5.41) is 5.25. The van der Waals surface area contributed by atoms with Crippen molar-refractivity contribution in [3.05, 3.63) is 0 Å². The fourth-order valence-corrected chi connectivity index (χ4v) is 1.99. The molecule has 2 amide bonds. The third-order valence-corrected chi connectivity index (χ3v) is 3.47. The summed E-state index contributed by atoms with van der Waals surface area (Å²) in [5.41, 5.74) is 5.56. The molecule has 0 aromatic rings. The van der Waals surface area contributed by atoms with E-state index in [0.717, 1.165) is 6.26 Å². The molecule has 0 heterocycles. The van der Waals surface area contributed by atoms with E-state index in [0.29, 0.717) is 12.5 Å².